The molecule has 0 radical (unpaired) electrons. The summed E-state index contributed by atoms with van der Waals surface area (Å²) in [7, 11) is 0. The maximum Gasteiger partial charge on any atom is 0.134 e. The Hall–Kier alpha value is -2.24. The second-order valence-corrected chi connectivity index (χ2v) is 3.27. The molecule has 0 aliphatic rings. The Morgan fingerprint density at radius 2 is 2.38 bits per heavy atom. The van der Waals surface area contributed by atoms with Gasteiger partial charge < -0.3 is 0 Å². The molecule has 0 unspecified atom stereocenters. The van der Waals surface area contributed by atoms with Gasteiger partial charge in [0.05, 0.1) is 6.54 Å². The highest BCUT2D eigenvalue weighted by molar-refractivity contribution is 5.78. The summed E-state index contributed by atoms with van der Waals surface area (Å²) in [6.07, 6.45) is 0.422. The average molecular weight is 213 g/mol. The molecule has 0 saturated carbocycles. The van der Waals surface area contributed by atoms with E-state index in [1.54, 1.807) is 6.92 Å². The number of benzene rings is 1. The molecule has 0 bridgehead atoms. The van der Waals surface area contributed by atoms with Crippen LogP contribution in [0, 0.1) is 11.8 Å². The van der Waals surface area contributed by atoms with E-state index in [2.05, 4.69) is 21.9 Å². The molecular weight excluding hydrogens is 202 g/mol. The highest BCUT2D eigenvalue weighted by Crippen LogP contribution is 2.05. The lowest BCUT2D eigenvalue weighted by molar-refractivity contribution is -0.116. The van der Waals surface area contributed by atoms with Crippen molar-refractivity contribution in [2.75, 3.05) is 6.54 Å². The van der Waals surface area contributed by atoms with E-state index < -0.39 is 0 Å². The summed E-state index contributed by atoms with van der Waals surface area (Å²) in [5.74, 6) is 5.72. The molecule has 0 N–H and O–H groups in total. The molecule has 0 fully saturated rings. The van der Waals surface area contributed by atoms with Crippen molar-refractivity contribution in [1.82, 2.24) is 0 Å². The van der Waals surface area contributed by atoms with Gasteiger partial charge in [-0.25, -0.2) is 0 Å². The van der Waals surface area contributed by atoms with Crippen LogP contribution in [0.2, 0.25) is 0 Å². The topological polar surface area (TPSA) is 65.8 Å². The van der Waals surface area contributed by atoms with Crippen LogP contribution < -0.4 is 0 Å². The zero-order valence-corrected chi connectivity index (χ0v) is 8.97. The van der Waals surface area contributed by atoms with Crippen LogP contribution in [0.5, 0.6) is 0 Å². The maximum atomic E-state index is 10.9. The zero-order valence-electron chi connectivity index (χ0n) is 8.97. The van der Waals surface area contributed by atoms with Crippen molar-refractivity contribution in [3.63, 3.8) is 0 Å². The predicted octanol–water partition coefficient (Wildman–Crippen LogP) is 2.48. The first-order chi connectivity index (χ1) is 7.72. The Morgan fingerprint density at radius 1 is 1.56 bits per heavy atom. The Morgan fingerprint density at radius 3 is 3.06 bits per heavy atom. The molecule has 0 atom stereocenters. The third-order valence-corrected chi connectivity index (χ3v) is 1.83. The van der Waals surface area contributed by atoms with Crippen molar-refractivity contribution in [3.05, 3.63) is 45.8 Å². The minimum Gasteiger partial charge on any atom is -0.300 e. The first-order valence-corrected chi connectivity index (χ1v) is 4.80. The lowest BCUT2D eigenvalue weighted by Crippen LogP contribution is -1.96. The van der Waals surface area contributed by atoms with Gasteiger partial charge in [-0.3, -0.25) is 4.79 Å². The molecule has 0 heterocycles. The highest BCUT2D eigenvalue weighted by Gasteiger charge is 1.97. The molecular formula is C12H11N3O. The molecule has 0 aromatic heterocycles. The number of hydrogen-bond donors (Lipinski definition) is 0. The van der Waals surface area contributed by atoms with Gasteiger partial charge in [0.2, 0.25) is 0 Å². The summed E-state index contributed by atoms with van der Waals surface area (Å²) < 4.78 is 0. The van der Waals surface area contributed by atoms with Gasteiger partial charge >= 0.3 is 0 Å². The van der Waals surface area contributed by atoms with Crippen LogP contribution >= 0.6 is 0 Å². The smallest absolute Gasteiger partial charge is 0.134 e. The van der Waals surface area contributed by atoms with Gasteiger partial charge in [-0.1, -0.05) is 29.1 Å². The van der Waals surface area contributed by atoms with Gasteiger partial charge in [-0.15, -0.1) is 0 Å². The van der Waals surface area contributed by atoms with E-state index in [4.69, 9.17) is 5.53 Å². The summed E-state index contributed by atoms with van der Waals surface area (Å²) in [5.41, 5.74) is 9.83. The summed E-state index contributed by atoms with van der Waals surface area (Å²) in [5, 5.41) is 3.31. The molecule has 80 valence electrons. The molecule has 1 aromatic rings. The fourth-order valence-corrected chi connectivity index (χ4v) is 1.26. The summed E-state index contributed by atoms with van der Waals surface area (Å²) in [4.78, 5) is 13.5. The minimum absolute atomic E-state index is 0.124. The second-order valence-electron chi connectivity index (χ2n) is 3.27. The van der Waals surface area contributed by atoms with E-state index in [1.165, 1.54) is 0 Å². The van der Waals surface area contributed by atoms with Crippen LogP contribution in [0.3, 0.4) is 0 Å². The number of azide groups is 1. The van der Waals surface area contributed by atoms with E-state index >= 15 is 0 Å². The van der Waals surface area contributed by atoms with Crippen LogP contribution in [0.4, 0.5) is 0 Å². The first kappa shape index (κ1) is 11.8. The van der Waals surface area contributed by atoms with Gasteiger partial charge in [0.25, 0.3) is 0 Å². The number of carbonyl (C=O) groups is 1. The van der Waals surface area contributed by atoms with Crippen LogP contribution in [0.1, 0.15) is 18.1 Å². The van der Waals surface area contributed by atoms with Gasteiger partial charge in [0, 0.05) is 16.9 Å². The standard InChI is InChI=1S/C12H11N3O/c1-10(16)8-12-5-2-4-11(9-12)6-3-7-14-15-13/h2,4-5,9H,7-8H2,1H3. The predicted molar refractivity (Wildman–Crippen MR) is 61.7 cm³/mol. The van der Waals surface area contributed by atoms with Crippen molar-refractivity contribution >= 4 is 5.78 Å². The molecule has 0 aliphatic carbocycles. The van der Waals surface area contributed by atoms with E-state index in [9.17, 15) is 4.79 Å². The maximum absolute atomic E-state index is 10.9. The first-order valence-electron chi connectivity index (χ1n) is 4.80. The van der Waals surface area contributed by atoms with Crippen molar-refractivity contribution < 1.29 is 4.79 Å². The van der Waals surface area contributed by atoms with Crippen LogP contribution in [0.15, 0.2) is 29.4 Å². The van der Waals surface area contributed by atoms with Crippen molar-refractivity contribution in [1.29, 1.82) is 0 Å². The van der Waals surface area contributed by atoms with Gasteiger partial charge in [0.15, 0.2) is 0 Å². The third kappa shape index (κ3) is 4.32. The molecule has 16 heavy (non-hydrogen) atoms. The molecule has 4 nitrogen and oxygen atoms in total. The number of ketones is 1. The van der Waals surface area contributed by atoms with Gasteiger partial charge in [-0.2, -0.15) is 0 Å². The fourth-order valence-electron chi connectivity index (χ4n) is 1.26. The van der Waals surface area contributed by atoms with Crippen molar-refractivity contribution in [3.8, 4) is 11.8 Å². The molecule has 4 heteroatoms. The molecule has 0 amide bonds. The Labute approximate surface area is 93.9 Å². The number of carbonyl (C=O) groups excluding carboxylic acids is 1. The molecule has 1 rings (SSSR count). The SMILES string of the molecule is CC(=O)Cc1cccc(C#CCN=[N+]=[N-])c1. The highest BCUT2D eigenvalue weighted by atomic mass is 16.1. The molecule has 0 spiro atoms. The summed E-state index contributed by atoms with van der Waals surface area (Å²) in [6, 6.07) is 7.47. The Kier molecular flexibility index (Phi) is 4.65. The Bertz CT molecular complexity index is 490. The van der Waals surface area contributed by atoms with Crippen molar-refractivity contribution in [2.24, 2.45) is 5.11 Å². The molecule has 1 aromatic carbocycles. The third-order valence-electron chi connectivity index (χ3n) is 1.83. The fraction of sp³-hybridized carbons (Fsp3) is 0.250. The van der Waals surface area contributed by atoms with Crippen LogP contribution in [0.25, 0.3) is 10.4 Å². The Balaban J connectivity index is 2.76. The van der Waals surface area contributed by atoms with E-state index in [1.807, 2.05) is 24.3 Å². The summed E-state index contributed by atoms with van der Waals surface area (Å²) >= 11 is 0. The van der Waals surface area contributed by atoms with Crippen LogP contribution in [-0.2, 0) is 11.2 Å². The number of Topliss-reactive ketones (excluding diaryl/α,β-unsaturated/α-hetero) is 1. The second kappa shape index (κ2) is 6.28. The van der Waals surface area contributed by atoms with E-state index in [-0.39, 0.29) is 12.3 Å². The van der Waals surface area contributed by atoms with Gasteiger partial charge in [-0.05, 0) is 30.2 Å². The van der Waals surface area contributed by atoms with E-state index in [0.717, 1.165) is 11.1 Å². The summed E-state index contributed by atoms with van der Waals surface area (Å²) in [6.45, 7) is 1.72. The normalized spacial score (nSPS) is 8.56. The van der Waals surface area contributed by atoms with Crippen LogP contribution in [-0.4, -0.2) is 12.3 Å². The van der Waals surface area contributed by atoms with E-state index in [0.29, 0.717) is 6.42 Å². The largest absolute Gasteiger partial charge is 0.300 e. The lowest BCUT2D eigenvalue weighted by Gasteiger charge is -1.97. The van der Waals surface area contributed by atoms with Crippen molar-refractivity contribution in [2.45, 2.75) is 13.3 Å². The number of rotatable bonds is 3. The lowest BCUT2D eigenvalue weighted by atomic mass is 10.1. The number of hydrogen-bond acceptors (Lipinski definition) is 2. The molecule has 0 aliphatic heterocycles. The minimum atomic E-state index is 0.124. The quantitative estimate of drug-likeness (QED) is 0.329. The molecule has 0 saturated heterocycles. The zero-order chi connectivity index (χ0) is 11.8. The van der Waals surface area contributed by atoms with Gasteiger partial charge in [0.1, 0.15) is 5.78 Å². The average Bonchev–Trinajstić information content (AvgIpc) is 2.24. The monoisotopic (exact) mass is 213 g/mol. The number of nitrogens with zero attached hydrogens (tertiary/aromatic N) is 3.